The van der Waals surface area contributed by atoms with E-state index in [1.165, 1.54) is 11.8 Å². The number of aromatic nitrogens is 1. The van der Waals surface area contributed by atoms with Crippen molar-refractivity contribution in [2.75, 3.05) is 7.11 Å². The molecule has 29 heavy (non-hydrogen) atoms. The first-order chi connectivity index (χ1) is 14.0. The predicted molar refractivity (Wildman–Crippen MR) is 119 cm³/mol. The van der Waals surface area contributed by atoms with Gasteiger partial charge in [-0.1, -0.05) is 18.2 Å². The number of carbonyl (C=O) groups excluding carboxylic acids is 1. The molecule has 2 aromatic carbocycles. The summed E-state index contributed by atoms with van der Waals surface area (Å²) < 4.78 is 7.42. The number of benzene rings is 2. The number of aliphatic imine (C=N–C) groups is 1. The lowest BCUT2D eigenvalue weighted by Crippen LogP contribution is -2.19. The summed E-state index contributed by atoms with van der Waals surface area (Å²) in [5.41, 5.74) is 5.05. The van der Waals surface area contributed by atoms with Crippen LogP contribution in [0, 0.1) is 13.8 Å². The van der Waals surface area contributed by atoms with Crippen LogP contribution < -0.4 is 10.1 Å². The third-order valence-corrected chi connectivity index (χ3v) is 5.64. The molecule has 0 atom stereocenters. The van der Waals surface area contributed by atoms with Crippen LogP contribution in [0.2, 0.25) is 0 Å². The molecule has 1 fully saturated rings. The summed E-state index contributed by atoms with van der Waals surface area (Å²) in [5, 5.41) is 3.44. The fourth-order valence-electron chi connectivity index (χ4n) is 3.30. The molecule has 1 amide bonds. The summed E-state index contributed by atoms with van der Waals surface area (Å²) in [6, 6.07) is 19.6. The number of nitrogens with zero attached hydrogens (tertiary/aromatic N) is 2. The number of para-hydroxylation sites is 1. The average molecular weight is 404 g/mol. The minimum absolute atomic E-state index is 0.126. The number of methoxy groups -OCH3 is 1. The minimum atomic E-state index is -0.126. The number of carbonyl (C=O) groups is 1. The van der Waals surface area contributed by atoms with Gasteiger partial charge in [-0.2, -0.15) is 0 Å². The Morgan fingerprint density at radius 2 is 1.79 bits per heavy atom. The van der Waals surface area contributed by atoms with Crippen molar-refractivity contribution in [1.82, 2.24) is 9.88 Å². The first kappa shape index (κ1) is 19.1. The lowest BCUT2D eigenvalue weighted by atomic mass is 10.2. The Labute approximate surface area is 174 Å². The zero-order valence-corrected chi connectivity index (χ0v) is 17.3. The molecule has 0 bridgehead atoms. The van der Waals surface area contributed by atoms with Gasteiger partial charge in [0, 0.05) is 17.1 Å². The number of thioether (sulfide) groups is 1. The quantitative estimate of drug-likeness (QED) is 0.624. The van der Waals surface area contributed by atoms with Crippen molar-refractivity contribution in [2.45, 2.75) is 13.8 Å². The number of hydrogen-bond donors (Lipinski definition) is 1. The van der Waals surface area contributed by atoms with Crippen LogP contribution >= 0.6 is 11.8 Å². The molecule has 6 heteroatoms. The van der Waals surface area contributed by atoms with Crippen molar-refractivity contribution < 1.29 is 9.53 Å². The van der Waals surface area contributed by atoms with Crippen molar-refractivity contribution in [1.29, 1.82) is 0 Å². The molecule has 4 rings (SSSR count). The van der Waals surface area contributed by atoms with Crippen LogP contribution in [-0.4, -0.2) is 22.8 Å². The first-order valence-electron chi connectivity index (χ1n) is 9.23. The van der Waals surface area contributed by atoms with Crippen LogP contribution in [-0.2, 0) is 4.79 Å². The Bertz CT molecular complexity index is 1110. The summed E-state index contributed by atoms with van der Waals surface area (Å²) in [4.78, 5) is 17.6. The van der Waals surface area contributed by atoms with E-state index in [2.05, 4.69) is 34.8 Å². The molecule has 1 N–H and O–H groups in total. The van der Waals surface area contributed by atoms with Gasteiger partial charge in [-0.15, -0.1) is 0 Å². The van der Waals surface area contributed by atoms with Gasteiger partial charge in [0.25, 0.3) is 5.91 Å². The van der Waals surface area contributed by atoms with Crippen LogP contribution in [0.15, 0.2) is 70.6 Å². The van der Waals surface area contributed by atoms with E-state index in [0.717, 1.165) is 34.1 Å². The average Bonchev–Trinajstić information content (AvgIpc) is 3.21. The van der Waals surface area contributed by atoms with E-state index in [1.807, 2.05) is 60.7 Å². The Balaban J connectivity index is 1.63. The zero-order chi connectivity index (χ0) is 20.4. The largest absolute Gasteiger partial charge is 0.497 e. The Morgan fingerprint density at radius 3 is 2.48 bits per heavy atom. The van der Waals surface area contributed by atoms with Crippen molar-refractivity contribution >= 4 is 34.6 Å². The van der Waals surface area contributed by atoms with Gasteiger partial charge in [-0.25, -0.2) is 4.99 Å². The Kier molecular flexibility index (Phi) is 5.27. The molecule has 0 saturated carbocycles. The molecule has 146 valence electrons. The summed E-state index contributed by atoms with van der Waals surface area (Å²) in [6.45, 7) is 4.11. The van der Waals surface area contributed by atoms with Crippen LogP contribution in [0.4, 0.5) is 5.69 Å². The van der Waals surface area contributed by atoms with E-state index < -0.39 is 0 Å². The molecule has 1 saturated heterocycles. The molecule has 0 spiro atoms. The van der Waals surface area contributed by atoms with Crippen LogP contribution in [0.5, 0.6) is 5.75 Å². The molecule has 2 heterocycles. The van der Waals surface area contributed by atoms with Crippen molar-refractivity contribution in [3.8, 4) is 11.4 Å². The van der Waals surface area contributed by atoms with E-state index in [-0.39, 0.29) is 5.91 Å². The predicted octanol–water partition coefficient (Wildman–Crippen LogP) is 4.99. The molecule has 5 nitrogen and oxygen atoms in total. The van der Waals surface area contributed by atoms with Crippen LogP contribution in [0.3, 0.4) is 0 Å². The molecule has 1 aliphatic heterocycles. The standard InChI is InChI=1S/C23H21N3O2S/c1-15-13-17(16(2)26(15)19-9-11-20(28-3)12-10-19)14-21-22(27)25-23(29-21)24-18-7-5-4-6-8-18/h4-14H,1-3H3,(H,24,25,27). The lowest BCUT2D eigenvalue weighted by molar-refractivity contribution is -0.115. The number of nitrogens with one attached hydrogen (secondary N) is 1. The lowest BCUT2D eigenvalue weighted by Gasteiger charge is -2.10. The fourth-order valence-corrected chi connectivity index (χ4v) is 4.14. The monoisotopic (exact) mass is 403 g/mol. The van der Waals surface area contributed by atoms with Gasteiger partial charge in [0.2, 0.25) is 0 Å². The molecule has 1 aromatic heterocycles. The van der Waals surface area contributed by atoms with E-state index in [1.54, 1.807) is 7.11 Å². The summed E-state index contributed by atoms with van der Waals surface area (Å²) in [7, 11) is 1.66. The molecular formula is C23H21N3O2S. The van der Waals surface area contributed by atoms with Crippen molar-refractivity contribution in [3.05, 3.63) is 82.5 Å². The highest BCUT2D eigenvalue weighted by Gasteiger charge is 2.24. The second kappa shape index (κ2) is 8.01. The number of aryl methyl sites for hydroxylation is 1. The molecule has 3 aromatic rings. The van der Waals surface area contributed by atoms with E-state index in [9.17, 15) is 4.79 Å². The number of hydrogen-bond acceptors (Lipinski definition) is 4. The second-order valence-corrected chi connectivity index (χ2v) is 7.71. The summed E-state index contributed by atoms with van der Waals surface area (Å²) >= 11 is 1.36. The maximum absolute atomic E-state index is 12.4. The van der Waals surface area contributed by atoms with Crippen molar-refractivity contribution in [3.63, 3.8) is 0 Å². The molecule has 0 radical (unpaired) electrons. The highest BCUT2D eigenvalue weighted by molar-refractivity contribution is 8.18. The summed E-state index contributed by atoms with van der Waals surface area (Å²) in [6.07, 6.45) is 1.93. The van der Waals surface area contributed by atoms with E-state index >= 15 is 0 Å². The minimum Gasteiger partial charge on any atom is -0.497 e. The second-order valence-electron chi connectivity index (χ2n) is 6.68. The highest BCUT2D eigenvalue weighted by Crippen LogP contribution is 2.30. The maximum Gasteiger partial charge on any atom is 0.264 e. The SMILES string of the molecule is COc1ccc(-n2c(C)cc(C=C3SC(=Nc4ccccc4)NC3=O)c2C)cc1. The fraction of sp³-hybridized carbons (Fsp3) is 0.130. The Hall–Kier alpha value is -3.25. The van der Waals surface area contributed by atoms with Crippen LogP contribution in [0.25, 0.3) is 11.8 Å². The van der Waals surface area contributed by atoms with Gasteiger partial charge in [0.05, 0.1) is 17.7 Å². The number of rotatable bonds is 4. The Morgan fingerprint density at radius 1 is 1.07 bits per heavy atom. The molecule has 0 unspecified atom stereocenters. The highest BCUT2D eigenvalue weighted by atomic mass is 32.2. The number of amidine groups is 1. The van der Waals surface area contributed by atoms with Gasteiger partial charge in [-0.3, -0.25) is 4.79 Å². The van der Waals surface area contributed by atoms with E-state index in [4.69, 9.17) is 4.74 Å². The molecule has 1 aliphatic rings. The number of amides is 1. The van der Waals surface area contributed by atoms with Gasteiger partial charge in [0.15, 0.2) is 5.17 Å². The van der Waals surface area contributed by atoms with Gasteiger partial charge in [0.1, 0.15) is 5.75 Å². The zero-order valence-electron chi connectivity index (χ0n) is 16.5. The molecular weight excluding hydrogens is 382 g/mol. The van der Waals surface area contributed by atoms with Crippen LogP contribution in [0.1, 0.15) is 17.0 Å². The first-order valence-corrected chi connectivity index (χ1v) is 10.0. The maximum atomic E-state index is 12.4. The van der Waals surface area contributed by atoms with Crippen molar-refractivity contribution in [2.24, 2.45) is 4.99 Å². The van der Waals surface area contributed by atoms with Gasteiger partial charge < -0.3 is 14.6 Å². The van der Waals surface area contributed by atoms with Gasteiger partial charge >= 0.3 is 0 Å². The third kappa shape index (κ3) is 3.98. The number of ether oxygens (including phenoxy) is 1. The normalized spacial score (nSPS) is 16.4. The van der Waals surface area contributed by atoms with E-state index in [0.29, 0.717) is 10.1 Å². The summed E-state index contributed by atoms with van der Waals surface area (Å²) in [5.74, 6) is 0.696. The molecule has 0 aliphatic carbocycles. The van der Waals surface area contributed by atoms with Gasteiger partial charge in [-0.05, 0) is 79.7 Å². The topological polar surface area (TPSA) is 55.6 Å². The third-order valence-electron chi connectivity index (χ3n) is 4.73. The smallest absolute Gasteiger partial charge is 0.264 e.